The Morgan fingerprint density at radius 3 is 2.39 bits per heavy atom. The molecule has 1 rings (SSSR count). The number of para-hydroxylation sites is 2. The number of rotatable bonds is 9. The molecule has 1 amide bonds. The van der Waals surface area contributed by atoms with Crippen molar-refractivity contribution in [3.8, 4) is 11.5 Å². The number of nitrogens with one attached hydrogen (secondary N) is 2. The monoisotopic (exact) mass is 334 g/mol. The molecule has 0 bridgehead atoms. The summed E-state index contributed by atoms with van der Waals surface area (Å²) in [5, 5.41) is 5.80. The summed E-state index contributed by atoms with van der Waals surface area (Å²) in [5.74, 6) is -0.328. The normalized spacial score (nSPS) is 12.6. The largest absolute Gasteiger partial charge is 0.480 e. The van der Waals surface area contributed by atoms with E-state index in [1.54, 1.807) is 6.07 Å². The van der Waals surface area contributed by atoms with Gasteiger partial charge in [-0.25, -0.2) is 0 Å². The van der Waals surface area contributed by atoms with Crippen molar-refractivity contribution >= 4 is 5.91 Å². The van der Waals surface area contributed by atoms with E-state index in [4.69, 9.17) is 4.74 Å². The molecule has 1 aromatic carbocycles. The van der Waals surface area contributed by atoms with Crippen molar-refractivity contribution in [1.82, 2.24) is 10.6 Å². The van der Waals surface area contributed by atoms with E-state index in [2.05, 4.69) is 15.4 Å². The average Bonchev–Trinajstić information content (AvgIpc) is 2.49. The molecule has 1 aromatic rings. The van der Waals surface area contributed by atoms with Crippen molar-refractivity contribution in [2.24, 2.45) is 0 Å². The number of ether oxygens (including phenoxy) is 2. The van der Waals surface area contributed by atoms with Crippen molar-refractivity contribution in [3.05, 3.63) is 24.3 Å². The van der Waals surface area contributed by atoms with E-state index in [0.29, 0.717) is 6.54 Å². The number of amides is 1. The zero-order valence-corrected chi connectivity index (χ0v) is 13.1. The fourth-order valence-corrected chi connectivity index (χ4v) is 1.73. The maximum Gasteiger partial charge on any atom is 0.422 e. The molecule has 5 nitrogen and oxygen atoms in total. The second-order valence-corrected chi connectivity index (χ2v) is 4.90. The second kappa shape index (κ2) is 9.24. The number of hydrogen-bond acceptors (Lipinski definition) is 4. The van der Waals surface area contributed by atoms with Crippen LogP contribution in [0.3, 0.4) is 0 Å². The van der Waals surface area contributed by atoms with Crippen molar-refractivity contribution in [2.45, 2.75) is 26.1 Å². The molecule has 0 saturated heterocycles. The van der Waals surface area contributed by atoms with Gasteiger partial charge in [0.25, 0.3) is 5.91 Å². The Morgan fingerprint density at radius 2 is 1.83 bits per heavy atom. The highest BCUT2D eigenvalue weighted by atomic mass is 19.4. The molecular weight excluding hydrogens is 313 g/mol. The standard InChI is InChI=1S/C15H21F3N2O3/c1-3-19-11(2)8-20-14(21)9-22-12-6-4-5-7-13(12)23-10-15(16,17)18/h4-7,11,19H,3,8-10H2,1-2H3,(H,20,21)/t11-/m1/s1. The zero-order chi connectivity index (χ0) is 17.3. The van der Waals surface area contributed by atoms with Gasteiger partial charge in [-0.3, -0.25) is 4.79 Å². The fraction of sp³-hybridized carbons (Fsp3) is 0.533. The molecule has 0 unspecified atom stereocenters. The third-order valence-corrected chi connectivity index (χ3v) is 2.76. The summed E-state index contributed by atoms with van der Waals surface area (Å²) >= 11 is 0. The van der Waals surface area contributed by atoms with Crippen molar-refractivity contribution in [1.29, 1.82) is 0 Å². The molecule has 1 atom stereocenters. The van der Waals surface area contributed by atoms with E-state index in [1.807, 2.05) is 13.8 Å². The van der Waals surface area contributed by atoms with E-state index in [9.17, 15) is 18.0 Å². The Kier molecular flexibility index (Phi) is 7.67. The lowest BCUT2D eigenvalue weighted by atomic mass is 10.3. The molecule has 0 aliphatic carbocycles. The number of benzene rings is 1. The minimum atomic E-state index is -4.44. The molecule has 0 radical (unpaired) electrons. The Hall–Kier alpha value is -1.96. The van der Waals surface area contributed by atoms with Gasteiger partial charge >= 0.3 is 6.18 Å². The molecule has 0 aliphatic rings. The summed E-state index contributed by atoms with van der Waals surface area (Å²) < 4.78 is 46.5. The maximum atomic E-state index is 12.2. The smallest absolute Gasteiger partial charge is 0.422 e. The summed E-state index contributed by atoms with van der Waals surface area (Å²) in [6, 6.07) is 6.02. The fourth-order valence-electron chi connectivity index (χ4n) is 1.73. The van der Waals surface area contributed by atoms with Gasteiger partial charge in [0, 0.05) is 12.6 Å². The van der Waals surface area contributed by atoms with E-state index < -0.39 is 12.8 Å². The van der Waals surface area contributed by atoms with Gasteiger partial charge in [-0.15, -0.1) is 0 Å². The van der Waals surface area contributed by atoms with E-state index in [1.165, 1.54) is 18.2 Å². The minimum Gasteiger partial charge on any atom is -0.480 e. The van der Waals surface area contributed by atoms with Crippen LogP contribution in [0.15, 0.2) is 24.3 Å². The summed E-state index contributed by atoms with van der Waals surface area (Å²) in [6.07, 6.45) is -4.44. The van der Waals surface area contributed by atoms with E-state index in [-0.39, 0.29) is 30.1 Å². The van der Waals surface area contributed by atoms with Crippen LogP contribution in [0.4, 0.5) is 13.2 Å². The number of carbonyl (C=O) groups is 1. The van der Waals surface area contributed by atoms with Gasteiger partial charge in [0.05, 0.1) is 0 Å². The number of halogens is 3. The first kappa shape index (κ1) is 19.1. The van der Waals surface area contributed by atoms with Crippen molar-refractivity contribution < 1.29 is 27.4 Å². The van der Waals surface area contributed by atoms with Gasteiger partial charge < -0.3 is 20.1 Å². The summed E-state index contributed by atoms with van der Waals surface area (Å²) in [4.78, 5) is 11.7. The van der Waals surface area contributed by atoms with E-state index >= 15 is 0 Å². The van der Waals surface area contributed by atoms with Gasteiger partial charge in [0.2, 0.25) is 0 Å². The number of alkyl halides is 3. The van der Waals surface area contributed by atoms with Gasteiger partial charge in [0.15, 0.2) is 24.7 Å². The molecular formula is C15H21F3N2O3. The van der Waals surface area contributed by atoms with Gasteiger partial charge in [-0.05, 0) is 25.6 Å². The first-order valence-electron chi connectivity index (χ1n) is 7.23. The van der Waals surface area contributed by atoms with Crippen LogP contribution in [0.25, 0.3) is 0 Å². The summed E-state index contributed by atoms with van der Waals surface area (Å²) in [7, 11) is 0. The number of hydrogen-bond donors (Lipinski definition) is 2. The molecule has 8 heteroatoms. The molecule has 0 saturated carbocycles. The summed E-state index contributed by atoms with van der Waals surface area (Å²) in [6.45, 7) is 3.38. The zero-order valence-electron chi connectivity index (χ0n) is 13.1. The number of likely N-dealkylation sites (N-methyl/N-ethyl adjacent to an activating group) is 1. The Morgan fingerprint density at radius 1 is 1.22 bits per heavy atom. The molecule has 0 heterocycles. The quantitative estimate of drug-likeness (QED) is 0.726. The van der Waals surface area contributed by atoms with Crippen LogP contribution in [0, 0.1) is 0 Å². The van der Waals surface area contributed by atoms with Gasteiger partial charge in [-0.2, -0.15) is 13.2 Å². The maximum absolute atomic E-state index is 12.2. The predicted octanol–water partition coefficient (Wildman–Crippen LogP) is 2.12. The Balaban J connectivity index is 2.46. The lowest BCUT2D eigenvalue weighted by molar-refractivity contribution is -0.153. The van der Waals surface area contributed by atoms with E-state index in [0.717, 1.165) is 6.54 Å². The highest BCUT2D eigenvalue weighted by Crippen LogP contribution is 2.28. The first-order valence-corrected chi connectivity index (χ1v) is 7.23. The van der Waals surface area contributed by atoms with Gasteiger partial charge in [0.1, 0.15) is 0 Å². The molecule has 0 spiro atoms. The van der Waals surface area contributed by atoms with Crippen LogP contribution >= 0.6 is 0 Å². The van der Waals surface area contributed by atoms with Crippen LogP contribution in [-0.4, -0.2) is 44.4 Å². The molecule has 0 fully saturated rings. The highest BCUT2D eigenvalue weighted by Gasteiger charge is 2.29. The minimum absolute atomic E-state index is 0.0568. The van der Waals surface area contributed by atoms with Crippen LogP contribution in [-0.2, 0) is 4.79 Å². The summed E-state index contributed by atoms with van der Waals surface area (Å²) in [5.41, 5.74) is 0. The third kappa shape index (κ3) is 8.29. The molecule has 23 heavy (non-hydrogen) atoms. The third-order valence-electron chi connectivity index (χ3n) is 2.76. The average molecular weight is 334 g/mol. The topological polar surface area (TPSA) is 59.6 Å². The van der Waals surface area contributed by atoms with Crippen LogP contribution < -0.4 is 20.1 Å². The van der Waals surface area contributed by atoms with Crippen molar-refractivity contribution in [2.75, 3.05) is 26.3 Å². The van der Waals surface area contributed by atoms with Crippen LogP contribution in [0.2, 0.25) is 0 Å². The highest BCUT2D eigenvalue weighted by molar-refractivity contribution is 5.77. The van der Waals surface area contributed by atoms with Gasteiger partial charge in [-0.1, -0.05) is 19.1 Å². The molecule has 0 aromatic heterocycles. The SMILES string of the molecule is CCN[C@H](C)CNC(=O)COc1ccccc1OCC(F)(F)F. The molecule has 0 aliphatic heterocycles. The van der Waals surface area contributed by atoms with Crippen molar-refractivity contribution in [3.63, 3.8) is 0 Å². The first-order chi connectivity index (χ1) is 10.8. The Labute approximate surface area is 133 Å². The lowest BCUT2D eigenvalue weighted by Gasteiger charge is -2.15. The van der Waals surface area contributed by atoms with Crippen LogP contribution in [0.1, 0.15) is 13.8 Å². The number of carbonyl (C=O) groups excluding carboxylic acids is 1. The molecule has 130 valence electrons. The second-order valence-electron chi connectivity index (χ2n) is 4.90. The predicted molar refractivity (Wildman–Crippen MR) is 79.6 cm³/mol. The molecule has 2 N–H and O–H groups in total. The Bertz CT molecular complexity index is 495. The van der Waals surface area contributed by atoms with Crippen LogP contribution in [0.5, 0.6) is 11.5 Å². The lowest BCUT2D eigenvalue weighted by Crippen LogP contribution is -2.40.